The maximum Gasteiger partial charge on any atom is 0.219 e. The normalized spacial score (nSPS) is 15.6. The van der Waals surface area contributed by atoms with Crippen LogP contribution in [0.3, 0.4) is 0 Å². The summed E-state index contributed by atoms with van der Waals surface area (Å²) in [5.41, 5.74) is 0. The van der Waals surface area contributed by atoms with Gasteiger partial charge in [0.05, 0.1) is 0 Å². The predicted octanol–water partition coefficient (Wildman–Crippen LogP) is 3.32. The SMILES string of the molecule is CC(=O)N1CCN(c2nc(Cl)cc3cc(Br)ccc23)CC1. The van der Waals surface area contributed by atoms with Crippen LogP contribution in [0.25, 0.3) is 10.8 Å². The fourth-order valence-electron chi connectivity index (χ4n) is 2.65. The first-order chi connectivity index (χ1) is 10.0. The minimum Gasteiger partial charge on any atom is -0.353 e. The molecule has 1 aliphatic rings. The van der Waals surface area contributed by atoms with Gasteiger partial charge >= 0.3 is 0 Å². The molecule has 1 amide bonds. The summed E-state index contributed by atoms with van der Waals surface area (Å²) in [4.78, 5) is 20.0. The number of amides is 1. The van der Waals surface area contributed by atoms with Gasteiger partial charge in [-0.1, -0.05) is 27.5 Å². The summed E-state index contributed by atoms with van der Waals surface area (Å²) in [5.74, 6) is 1.02. The summed E-state index contributed by atoms with van der Waals surface area (Å²) >= 11 is 9.64. The standard InChI is InChI=1S/C15H15BrClN3O/c1-10(21)19-4-6-20(7-5-19)15-13-3-2-12(16)8-11(13)9-14(17)18-15/h2-3,8-9H,4-7H2,1H3. The molecule has 0 radical (unpaired) electrons. The summed E-state index contributed by atoms with van der Waals surface area (Å²) in [6.45, 7) is 4.61. The predicted molar refractivity (Wildman–Crippen MR) is 88.9 cm³/mol. The Labute approximate surface area is 136 Å². The average molecular weight is 369 g/mol. The number of benzene rings is 1. The first kappa shape index (κ1) is 14.6. The quantitative estimate of drug-likeness (QED) is 0.725. The molecule has 1 aliphatic heterocycles. The molecule has 0 spiro atoms. The Morgan fingerprint density at radius 3 is 2.62 bits per heavy atom. The molecule has 3 rings (SSSR count). The van der Waals surface area contributed by atoms with Gasteiger partial charge in [0.15, 0.2) is 0 Å². The first-order valence-electron chi connectivity index (χ1n) is 6.81. The molecule has 0 unspecified atom stereocenters. The number of rotatable bonds is 1. The molecule has 1 aromatic carbocycles. The highest BCUT2D eigenvalue weighted by Gasteiger charge is 2.21. The molecule has 0 atom stereocenters. The smallest absolute Gasteiger partial charge is 0.219 e. The number of hydrogen-bond donors (Lipinski definition) is 0. The largest absolute Gasteiger partial charge is 0.353 e. The molecule has 1 fully saturated rings. The third-order valence-corrected chi connectivity index (χ3v) is 4.45. The van der Waals surface area contributed by atoms with E-state index in [0.29, 0.717) is 5.15 Å². The Bertz CT molecular complexity index is 693. The Morgan fingerprint density at radius 2 is 1.95 bits per heavy atom. The molecule has 110 valence electrons. The number of carbonyl (C=O) groups is 1. The van der Waals surface area contributed by atoms with E-state index in [0.717, 1.165) is 47.2 Å². The molecule has 2 aromatic rings. The number of hydrogen-bond acceptors (Lipinski definition) is 3. The van der Waals surface area contributed by atoms with E-state index in [1.807, 2.05) is 23.1 Å². The Kier molecular flexibility index (Phi) is 4.04. The molecule has 0 aliphatic carbocycles. The molecule has 0 N–H and O–H groups in total. The van der Waals surface area contributed by atoms with Crippen LogP contribution in [0.5, 0.6) is 0 Å². The minimum atomic E-state index is 0.127. The zero-order chi connectivity index (χ0) is 15.0. The highest BCUT2D eigenvalue weighted by molar-refractivity contribution is 9.10. The molecular formula is C15H15BrClN3O. The van der Waals surface area contributed by atoms with E-state index in [2.05, 4.69) is 31.9 Å². The summed E-state index contributed by atoms with van der Waals surface area (Å²) in [5, 5.41) is 2.64. The molecular weight excluding hydrogens is 354 g/mol. The van der Waals surface area contributed by atoms with Crippen molar-refractivity contribution in [1.29, 1.82) is 0 Å². The third-order valence-electron chi connectivity index (χ3n) is 3.77. The summed E-state index contributed by atoms with van der Waals surface area (Å²) in [6.07, 6.45) is 0. The average Bonchev–Trinajstić information content (AvgIpc) is 2.46. The lowest BCUT2D eigenvalue weighted by atomic mass is 10.1. The molecule has 2 heterocycles. The van der Waals surface area contributed by atoms with Crippen LogP contribution in [0.1, 0.15) is 6.92 Å². The van der Waals surface area contributed by atoms with Crippen LogP contribution in [0.4, 0.5) is 5.82 Å². The van der Waals surface area contributed by atoms with Crippen molar-refractivity contribution in [2.24, 2.45) is 0 Å². The van der Waals surface area contributed by atoms with Crippen molar-refractivity contribution in [3.05, 3.63) is 33.9 Å². The van der Waals surface area contributed by atoms with Crippen molar-refractivity contribution in [3.63, 3.8) is 0 Å². The van der Waals surface area contributed by atoms with Crippen molar-refractivity contribution in [2.75, 3.05) is 31.1 Å². The zero-order valence-corrected chi connectivity index (χ0v) is 14.0. The number of carbonyl (C=O) groups excluding carboxylic acids is 1. The van der Waals surface area contributed by atoms with Crippen molar-refractivity contribution >= 4 is 50.0 Å². The van der Waals surface area contributed by atoms with Gasteiger partial charge in [-0.3, -0.25) is 4.79 Å². The summed E-state index contributed by atoms with van der Waals surface area (Å²) in [7, 11) is 0. The maximum atomic E-state index is 11.4. The molecule has 0 bridgehead atoms. The summed E-state index contributed by atoms with van der Waals surface area (Å²) < 4.78 is 1.02. The monoisotopic (exact) mass is 367 g/mol. The fraction of sp³-hybridized carbons (Fsp3) is 0.333. The molecule has 1 aromatic heterocycles. The number of halogens is 2. The van der Waals surface area contributed by atoms with Crippen molar-refractivity contribution in [3.8, 4) is 0 Å². The molecule has 1 saturated heterocycles. The second-order valence-electron chi connectivity index (χ2n) is 5.13. The second-order valence-corrected chi connectivity index (χ2v) is 6.43. The van der Waals surface area contributed by atoms with E-state index >= 15 is 0 Å². The number of piperazine rings is 1. The van der Waals surface area contributed by atoms with Crippen molar-refractivity contribution in [1.82, 2.24) is 9.88 Å². The fourth-order valence-corrected chi connectivity index (χ4v) is 3.23. The molecule has 21 heavy (non-hydrogen) atoms. The first-order valence-corrected chi connectivity index (χ1v) is 7.98. The number of nitrogens with zero attached hydrogens (tertiary/aromatic N) is 3. The van der Waals surface area contributed by atoms with Crippen LogP contribution in [0, 0.1) is 0 Å². The van der Waals surface area contributed by atoms with Crippen LogP contribution in [0.15, 0.2) is 28.7 Å². The highest BCUT2D eigenvalue weighted by Crippen LogP contribution is 2.30. The van der Waals surface area contributed by atoms with E-state index in [-0.39, 0.29) is 5.91 Å². The van der Waals surface area contributed by atoms with Gasteiger partial charge in [0, 0.05) is 43.0 Å². The Morgan fingerprint density at radius 1 is 1.24 bits per heavy atom. The van der Waals surface area contributed by atoms with Gasteiger partial charge in [-0.15, -0.1) is 0 Å². The second kappa shape index (κ2) is 5.81. The van der Waals surface area contributed by atoms with E-state index in [1.165, 1.54) is 0 Å². The number of anilines is 1. The Balaban J connectivity index is 1.95. The molecule has 4 nitrogen and oxygen atoms in total. The van der Waals surface area contributed by atoms with Gasteiger partial charge < -0.3 is 9.80 Å². The van der Waals surface area contributed by atoms with E-state index in [9.17, 15) is 4.79 Å². The highest BCUT2D eigenvalue weighted by atomic mass is 79.9. The van der Waals surface area contributed by atoms with Gasteiger partial charge in [-0.2, -0.15) is 0 Å². The van der Waals surface area contributed by atoms with Crippen molar-refractivity contribution < 1.29 is 4.79 Å². The lowest BCUT2D eigenvalue weighted by molar-refractivity contribution is -0.129. The summed E-state index contributed by atoms with van der Waals surface area (Å²) in [6, 6.07) is 7.97. The number of pyridine rings is 1. The maximum absolute atomic E-state index is 11.4. The number of aromatic nitrogens is 1. The lowest BCUT2D eigenvalue weighted by Gasteiger charge is -2.35. The minimum absolute atomic E-state index is 0.127. The van der Waals surface area contributed by atoms with Gasteiger partial charge in [0.2, 0.25) is 5.91 Å². The van der Waals surface area contributed by atoms with E-state index < -0.39 is 0 Å². The van der Waals surface area contributed by atoms with Gasteiger partial charge in [-0.05, 0) is 29.7 Å². The Hall–Kier alpha value is -1.33. The topological polar surface area (TPSA) is 36.4 Å². The van der Waals surface area contributed by atoms with Crippen LogP contribution >= 0.6 is 27.5 Å². The van der Waals surface area contributed by atoms with Gasteiger partial charge in [-0.25, -0.2) is 4.98 Å². The van der Waals surface area contributed by atoms with Gasteiger partial charge in [0.1, 0.15) is 11.0 Å². The molecule has 6 heteroatoms. The van der Waals surface area contributed by atoms with E-state index in [1.54, 1.807) is 6.92 Å². The van der Waals surface area contributed by atoms with Gasteiger partial charge in [0.25, 0.3) is 0 Å². The van der Waals surface area contributed by atoms with E-state index in [4.69, 9.17) is 11.6 Å². The van der Waals surface area contributed by atoms with Crippen LogP contribution in [-0.4, -0.2) is 42.0 Å². The third kappa shape index (κ3) is 2.99. The number of fused-ring (bicyclic) bond motifs is 1. The van der Waals surface area contributed by atoms with Crippen LogP contribution in [0.2, 0.25) is 5.15 Å². The van der Waals surface area contributed by atoms with Crippen molar-refractivity contribution in [2.45, 2.75) is 6.92 Å². The van der Waals surface area contributed by atoms with Crippen LogP contribution < -0.4 is 4.90 Å². The zero-order valence-electron chi connectivity index (χ0n) is 11.6. The molecule has 0 saturated carbocycles. The van der Waals surface area contributed by atoms with Crippen LogP contribution in [-0.2, 0) is 4.79 Å². The lowest BCUT2D eigenvalue weighted by Crippen LogP contribution is -2.48.